The second-order valence-electron chi connectivity index (χ2n) is 8.92. The number of aryl methyl sites for hydroxylation is 1. The molecular formula is C27H33N3O3S. The molecule has 0 spiro atoms. The highest BCUT2D eigenvalue weighted by molar-refractivity contribution is 7.99. The molecule has 1 aliphatic heterocycles. The van der Waals surface area contributed by atoms with Gasteiger partial charge < -0.3 is 10.5 Å². The molecule has 2 unspecified atom stereocenters. The number of ether oxygens (including phenoxy) is 1. The van der Waals surface area contributed by atoms with E-state index in [1.165, 1.54) is 0 Å². The van der Waals surface area contributed by atoms with Crippen molar-refractivity contribution in [2.45, 2.75) is 38.6 Å². The lowest BCUT2D eigenvalue weighted by Gasteiger charge is -2.30. The van der Waals surface area contributed by atoms with Crippen LogP contribution in [0.5, 0.6) is 0 Å². The average molecular weight is 480 g/mol. The Labute approximate surface area is 205 Å². The van der Waals surface area contributed by atoms with Gasteiger partial charge in [-0.15, -0.1) is 0 Å². The highest BCUT2D eigenvalue weighted by atomic mass is 32.2. The fourth-order valence-corrected chi connectivity index (χ4v) is 5.37. The first-order chi connectivity index (χ1) is 16.5. The number of carbonyl (C=O) groups is 2. The van der Waals surface area contributed by atoms with E-state index in [4.69, 9.17) is 10.5 Å². The normalized spacial score (nSPS) is 20.2. The highest BCUT2D eigenvalue weighted by Gasteiger charge is 2.29. The van der Waals surface area contributed by atoms with E-state index in [9.17, 15) is 9.59 Å². The smallest absolute Gasteiger partial charge is 0.306 e. The maximum atomic E-state index is 13.1. The van der Waals surface area contributed by atoms with Gasteiger partial charge in [0.05, 0.1) is 19.2 Å². The summed E-state index contributed by atoms with van der Waals surface area (Å²) in [6.45, 7) is 4.38. The zero-order valence-electron chi connectivity index (χ0n) is 19.7. The van der Waals surface area contributed by atoms with E-state index in [-0.39, 0.29) is 23.7 Å². The summed E-state index contributed by atoms with van der Waals surface area (Å²) in [5.41, 5.74) is 10.9. The quantitative estimate of drug-likeness (QED) is 0.347. The van der Waals surface area contributed by atoms with Crippen molar-refractivity contribution in [2.75, 3.05) is 31.2 Å². The number of benzene rings is 2. The van der Waals surface area contributed by atoms with Crippen LogP contribution in [0.3, 0.4) is 0 Å². The molecular weight excluding hydrogens is 446 g/mol. The van der Waals surface area contributed by atoms with Gasteiger partial charge in [0.15, 0.2) is 5.78 Å². The summed E-state index contributed by atoms with van der Waals surface area (Å²) in [6.07, 6.45) is 4.64. The summed E-state index contributed by atoms with van der Waals surface area (Å²) in [5.74, 6) is 2.11. The molecule has 34 heavy (non-hydrogen) atoms. The molecule has 2 N–H and O–H groups in total. The Morgan fingerprint density at radius 2 is 1.88 bits per heavy atom. The average Bonchev–Trinajstić information content (AvgIpc) is 2.88. The van der Waals surface area contributed by atoms with Crippen molar-refractivity contribution in [3.05, 3.63) is 70.3 Å². The number of hydrogen-bond donors (Lipinski definition) is 1. The van der Waals surface area contributed by atoms with Crippen molar-refractivity contribution < 1.29 is 14.3 Å². The molecule has 2 aromatic rings. The molecule has 0 bridgehead atoms. The molecule has 180 valence electrons. The third-order valence-electron chi connectivity index (χ3n) is 6.48. The van der Waals surface area contributed by atoms with Crippen molar-refractivity contribution in [1.82, 2.24) is 5.01 Å². The number of esters is 1. The molecule has 4 rings (SSSR count). The van der Waals surface area contributed by atoms with Gasteiger partial charge in [-0.1, -0.05) is 43.3 Å². The third-order valence-corrected chi connectivity index (χ3v) is 7.43. The predicted octanol–water partition coefficient (Wildman–Crippen LogP) is 4.21. The van der Waals surface area contributed by atoms with E-state index < -0.39 is 0 Å². The van der Waals surface area contributed by atoms with Gasteiger partial charge in [0, 0.05) is 41.8 Å². The Balaban J connectivity index is 1.40. The number of rotatable bonds is 8. The van der Waals surface area contributed by atoms with Crippen LogP contribution in [-0.4, -0.2) is 54.2 Å². The molecule has 0 aromatic heterocycles. The summed E-state index contributed by atoms with van der Waals surface area (Å²) < 4.78 is 5.23. The number of nitrogens with zero attached hydrogens (tertiary/aromatic N) is 2. The molecule has 0 amide bonds. The number of thioether (sulfide) groups is 1. The van der Waals surface area contributed by atoms with Gasteiger partial charge in [-0.05, 0) is 47.9 Å². The Morgan fingerprint density at radius 3 is 2.62 bits per heavy atom. The molecule has 1 aliphatic carbocycles. The van der Waals surface area contributed by atoms with Crippen LogP contribution in [-0.2, 0) is 16.0 Å². The van der Waals surface area contributed by atoms with Crippen molar-refractivity contribution in [3.63, 3.8) is 0 Å². The van der Waals surface area contributed by atoms with Gasteiger partial charge in [0.25, 0.3) is 0 Å². The van der Waals surface area contributed by atoms with Gasteiger partial charge in [0.2, 0.25) is 0 Å². The van der Waals surface area contributed by atoms with Crippen LogP contribution in [0.15, 0.2) is 47.6 Å². The van der Waals surface area contributed by atoms with Crippen LogP contribution in [0.1, 0.15) is 64.8 Å². The second-order valence-corrected chi connectivity index (χ2v) is 10.1. The first kappa shape index (κ1) is 24.5. The molecule has 2 aliphatic rings. The molecule has 1 fully saturated rings. The third kappa shape index (κ3) is 6.07. The van der Waals surface area contributed by atoms with E-state index >= 15 is 0 Å². The van der Waals surface area contributed by atoms with Crippen molar-refractivity contribution in [2.24, 2.45) is 16.8 Å². The van der Waals surface area contributed by atoms with Crippen LogP contribution in [0, 0.1) is 5.92 Å². The minimum Gasteiger partial charge on any atom is -0.466 e. The second kappa shape index (κ2) is 11.7. The SMILES string of the molecule is CCCOC(=O)CC1CCc2cc(C(=O)c3ccc(C=NN4CCSCC4)cc3)ccc2C1N. The van der Waals surface area contributed by atoms with Crippen molar-refractivity contribution in [3.8, 4) is 0 Å². The lowest BCUT2D eigenvalue weighted by Crippen LogP contribution is -2.29. The maximum Gasteiger partial charge on any atom is 0.306 e. The van der Waals surface area contributed by atoms with Crippen LogP contribution >= 0.6 is 11.8 Å². The van der Waals surface area contributed by atoms with Crippen LogP contribution in [0.25, 0.3) is 0 Å². The Hall–Kier alpha value is -2.64. The fourth-order valence-electron chi connectivity index (χ4n) is 4.49. The number of hydrazone groups is 1. The zero-order chi connectivity index (χ0) is 23.9. The van der Waals surface area contributed by atoms with Crippen molar-refractivity contribution >= 4 is 29.7 Å². The first-order valence-corrected chi connectivity index (χ1v) is 13.3. The van der Waals surface area contributed by atoms with Gasteiger partial charge in [-0.25, -0.2) is 0 Å². The lowest BCUT2D eigenvalue weighted by molar-refractivity contribution is -0.145. The largest absolute Gasteiger partial charge is 0.466 e. The van der Waals surface area contributed by atoms with Gasteiger partial charge in [0.1, 0.15) is 0 Å². The van der Waals surface area contributed by atoms with E-state index in [0.717, 1.165) is 60.5 Å². The van der Waals surface area contributed by atoms with E-state index in [0.29, 0.717) is 24.2 Å². The lowest BCUT2D eigenvalue weighted by atomic mass is 9.78. The molecule has 2 aromatic carbocycles. The molecule has 6 nitrogen and oxygen atoms in total. The monoisotopic (exact) mass is 479 g/mol. The topological polar surface area (TPSA) is 85.0 Å². The molecule has 1 heterocycles. The molecule has 1 saturated heterocycles. The number of fused-ring (bicyclic) bond motifs is 1. The van der Waals surface area contributed by atoms with Gasteiger partial charge in [-0.2, -0.15) is 16.9 Å². The standard InChI is InChI=1S/C27H33N3O3S/c1-2-13-33-25(31)17-22-8-7-21-16-23(9-10-24(21)26(22)28)27(32)20-5-3-19(4-6-20)18-29-30-11-14-34-15-12-30/h3-6,9-10,16,18,22,26H,2,7-8,11-15,17,28H2,1H3. The summed E-state index contributed by atoms with van der Waals surface area (Å²) in [6, 6.07) is 13.1. The number of hydrogen-bond acceptors (Lipinski definition) is 7. The Bertz CT molecular complexity index is 1030. The van der Waals surface area contributed by atoms with E-state index in [1.54, 1.807) is 0 Å². The van der Waals surface area contributed by atoms with Crippen LogP contribution in [0.2, 0.25) is 0 Å². The predicted molar refractivity (Wildman–Crippen MR) is 137 cm³/mol. The highest BCUT2D eigenvalue weighted by Crippen LogP contribution is 2.35. The minimum absolute atomic E-state index is 0.00168. The summed E-state index contributed by atoms with van der Waals surface area (Å²) >= 11 is 1.96. The summed E-state index contributed by atoms with van der Waals surface area (Å²) in [4.78, 5) is 25.1. The first-order valence-electron chi connectivity index (χ1n) is 12.1. The fraction of sp³-hybridized carbons (Fsp3) is 0.444. The zero-order valence-corrected chi connectivity index (χ0v) is 20.6. The van der Waals surface area contributed by atoms with Crippen LogP contribution in [0.4, 0.5) is 0 Å². The summed E-state index contributed by atoms with van der Waals surface area (Å²) in [7, 11) is 0. The molecule has 0 radical (unpaired) electrons. The molecule has 7 heteroatoms. The van der Waals surface area contributed by atoms with E-state index in [1.807, 2.05) is 67.4 Å². The number of carbonyl (C=O) groups excluding carboxylic acids is 2. The number of ketones is 1. The maximum absolute atomic E-state index is 13.1. The van der Waals surface area contributed by atoms with E-state index in [2.05, 4.69) is 10.1 Å². The Kier molecular flexibility index (Phi) is 8.40. The van der Waals surface area contributed by atoms with Crippen LogP contribution < -0.4 is 5.73 Å². The minimum atomic E-state index is -0.223. The number of nitrogens with two attached hydrogens (primary N) is 1. The molecule has 2 atom stereocenters. The van der Waals surface area contributed by atoms with Gasteiger partial charge >= 0.3 is 5.97 Å². The molecule has 0 saturated carbocycles. The van der Waals surface area contributed by atoms with Crippen molar-refractivity contribution in [1.29, 1.82) is 0 Å². The summed E-state index contributed by atoms with van der Waals surface area (Å²) in [5, 5.41) is 6.64. The Morgan fingerprint density at radius 1 is 1.15 bits per heavy atom. The van der Waals surface area contributed by atoms with Gasteiger partial charge in [-0.3, -0.25) is 14.6 Å².